The third-order valence-electron chi connectivity index (χ3n) is 4.33. The lowest BCUT2D eigenvalue weighted by Gasteiger charge is -2.22. The highest BCUT2D eigenvalue weighted by atomic mass is 35.5. The molecule has 3 aromatic rings. The number of aromatic nitrogens is 1. The monoisotopic (exact) mass is 449 g/mol. The molecule has 0 aliphatic heterocycles. The van der Waals surface area contributed by atoms with E-state index in [2.05, 4.69) is 6.92 Å². The zero-order valence-electron chi connectivity index (χ0n) is 16.9. The van der Waals surface area contributed by atoms with Crippen LogP contribution in [-0.2, 0) is 0 Å². The Morgan fingerprint density at radius 3 is 2.52 bits per heavy atom. The Balaban J connectivity index is 1.99. The number of benzene rings is 2. The second kappa shape index (κ2) is 9.80. The van der Waals surface area contributed by atoms with Crippen molar-refractivity contribution in [1.29, 1.82) is 0 Å². The maximum Gasteiger partial charge on any atom is 0.260 e. The predicted octanol–water partition coefficient (Wildman–Crippen LogP) is 5.28. The van der Waals surface area contributed by atoms with Gasteiger partial charge in [-0.15, -0.1) is 11.8 Å². The number of thiazole rings is 1. The van der Waals surface area contributed by atoms with E-state index in [0.29, 0.717) is 33.5 Å². The van der Waals surface area contributed by atoms with Crippen LogP contribution < -0.4 is 9.64 Å². The second-order valence-corrected chi connectivity index (χ2v) is 9.36. The van der Waals surface area contributed by atoms with Gasteiger partial charge >= 0.3 is 0 Å². The molecule has 0 saturated carbocycles. The molecule has 0 bridgehead atoms. The fourth-order valence-electron chi connectivity index (χ4n) is 2.82. The molecule has 29 heavy (non-hydrogen) atoms. The van der Waals surface area contributed by atoms with Crippen LogP contribution in [0.5, 0.6) is 5.75 Å². The molecule has 5 nitrogen and oxygen atoms in total. The molecule has 0 aliphatic rings. The number of rotatable bonds is 8. The summed E-state index contributed by atoms with van der Waals surface area (Å²) in [6.07, 6.45) is 0. The van der Waals surface area contributed by atoms with Crippen LogP contribution in [0.2, 0.25) is 5.02 Å². The van der Waals surface area contributed by atoms with E-state index in [-0.39, 0.29) is 5.91 Å². The summed E-state index contributed by atoms with van der Waals surface area (Å²) in [7, 11) is 5.57. The SMILES string of the molecule is CCSc1ccc(C(=O)N(CCN(C)C)c2nc3c(OC)ccc(Cl)c3s2)cc1. The van der Waals surface area contributed by atoms with Crippen LogP contribution in [0.15, 0.2) is 41.3 Å². The number of nitrogens with zero attached hydrogens (tertiary/aromatic N) is 3. The van der Waals surface area contributed by atoms with Crippen molar-refractivity contribution in [3.05, 3.63) is 47.0 Å². The van der Waals surface area contributed by atoms with Gasteiger partial charge in [-0.2, -0.15) is 0 Å². The standard InChI is InChI=1S/C21H24ClN3O2S2/c1-5-28-15-8-6-14(7-9-15)20(26)25(13-12-24(2)3)21-23-18-17(27-4)11-10-16(22)19(18)29-21/h6-11H,5,12-13H2,1-4H3. The molecule has 2 aromatic carbocycles. The van der Waals surface area contributed by atoms with E-state index in [1.54, 1.807) is 35.9 Å². The summed E-state index contributed by atoms with van der Waals surface area (Å²) in [5, 5.41) is 1.22. The Morgan fingerprint density at radius 2 is 1.90 bits per heavy atom. The van der Waals surface area contributed by atoms with Crippen LogP contribution in [0.25, 0.3) is 10.2 Å². The Kier molecular flexibility index (Phi) is 7.40. The zero-order valence-corrected chi connectivity index (χ0v) is 19.3. The Labute approximate surface area is 184 Å². The van der Waals surface area contributed by atoms with Crippen molar-refractivity contribution in [3.63, 3.8) is 0 Å². The highest BCUT2D eigenvalue weighted by Gasteiger charge is 2.23. The fourth-order valence-corrected chi connectivity index (χ4v) is 4.76. The summed E-state index contributed by atoms with van der Waals surface area (Å²) in [5.74, 6) is 1.57. The van der Waals surface area contributed by atoms with Crippen molar-refractivity contribution in [2.75, 3.05) is 44.9 Å². The fraction of sp³-hybridized carbons (Fsp3) is 0.333. The molecule has 0 radical (unpaired) electrons. The molecule has 0 aliphatic carbocycles. The number of hydrogen-bond acceptors (Lipinski definition) is 6. The second-order valence-electron chi connectivity index (χ2n) is 6.64. The summed E-state index contributed by atoms with van der Waals surface area (Å²) in [5.41, 5.74) is 1.32. The van der Waals surface area contributed by atoms with Gasteiger partial charge in [-0.1, -0.05) is 29.9 Å². The van der Waals surface area contributed by atoms with E-state index >= 15 is 0 Å². The molecule has 0 saturated heterocycles. The number of carbonyl (C=O) groups excluding carboxylic acids is 1. The number of halogens is 1. The summed E-state index contributed by atoms with van der Waals surface area (Å²) < 4.78 is 6.24. The van der Waals surface area contributed by atoms with Crippen LogP contribution in [0.1, 0.15) is 17.3 Å². The van der Waals surface area contributed by atoms with E-state index < -0.39 is 0 Å². The molecule has 0 N–H and O–H groups in total. The van der Waals surface area contributed by atoms with E-state index in [9.17, 15) is 4.79 Å². The van der Waals surface area contributed by atoms with Gasteiger partial charge in [0.1, 0.15) is 11.3 Å². The number of hydrogen-bond donors (Lipinski definition) is 0. The lowest BCUT2D eigenvalue weighted by Crippen LogP contribution is -2.36. The summed E-state index contributed by atoms with van der Waals surface area (Å²) >= 11 is 9.54. The minimum Gasteiger partial charge on any atom is -0.494 e. The average Bonchev–Trinajstić information content (AvgIpc) is 3.15. The summed E-state index contributed by atoms with van der Waals surface area (Å²) in [6, 6.07) is 11.3. The first kappa shape index (κ1) is 21.9. The predicted molar refractivity (Wildman–Crippen MR) is 124 cm³/mol. The van der Waals surface area contributed by atoms with Crippen molar-refractivity contribution >= 4 is 56.0 Å². The summed E-state index contributed by atoms with van der Waals surface area (Å²) in [4.78, 5) is 23.0. The first-order valence-corrected chi connectivity index (χ1v) is 11.4. The molecule has 0 unspecified atom stereocenters. The number of anilines is 1. The molecule has 1 aromatic heterocycles. The largest absolute Gasteiger partial charge is 0.494 e. The third-order valence-corrected chi connectivity index (χ3v) is 6.76. The van der Waals surface area contributed by atoms with Gasteiger partial charge in [0.15, 0.2) is 5.13 Å². The topological polar surface area (TPSA) is 45.7 Å². The van der Waals surface area contributed by atoms with Crippen LogP contribution in [0.3, 0.4) is 0 Å². The molecule has 8 heteroatoms. The molecular weight excluding hydrogens is 426 g/mol. The molecule has 3 rings (SSSR count). The normalized spacial score (nSPS) is 11.2. The van der Waals surface area contributed by atoms with Gasteiger partial charge in [-0.05, 0) is 56.2 Å². The van der Waals surface area contributed by atoms with Crippen LogP contribution >= 0.6 is 34.7 Å². The number of ether oxygens (including phenoxy) is 1. The number of thioether (sulfide) groups is 1. The quantitative estimate of drug-likeness (QED) is 0.438. The number of likely N-dealkylation sites (N-methyl/N-ethyl adjacent to an activating group) is 1. The number of carbonyl (C=O) groups is 1. The molecular formula is C21H24ClN3O2S2. The van der Waals surface area contributed by atoms with Gasteiger partial charge in [0, 0.05) is 23.5 Å². The number of fused-ring (bicyclic) bond motifs is 1. The van der Waals surface area contributed by atoms with Crippen molar-refractivity contribution in [2.45, 2.75) is 11.8 Å². The van der Waals surface area contributed by atoms with E-state index in [4.69, 9.17) is 21.3 Å². The van der Waals surface area contributed by atoms with E-state index in [1.807, 2.05) is 43.3 Å². The number of methoxy groups -OCH3 is 1. The average molecular weight is 450 g/mol. The van der Waals surface area contributed by atoms with Crippen LogP contribution in [0.4, 0.5) is 5.13 Å². The van der Waals surface area contributed by atoms with E-state index in [1.165, 1.54) is 11.3 Å². The Bertz CT molecular complexity index is 990. The van der Waals surface area contributed by atoms with Gasteiger partial charge < -0.3 is 9.64 Å². The minimum atomic E-state index is -0.0750. The van der Waals surface area contributed by atoms with Crippen LogP contribution in [0, 0.1) is 0 Å². The van der Waals surface area contributed by atoms with Gasteiger partial charge in [-0.3, -0.25) is 9.69 Å². The first-order valence-electron chi connectivity index (χ1n) is 9.27. The maximum atomic E-state index is 13.3. The summed E-state index contributed by atoms with van der Waals surface area (Å²) in [6.45, 7) is 3.35. The highest BCUT2D eigenvalue weighted by Crippen LogP contribution is 2.39. The highest BCUT2D eigenvalue weighted by molar-refractivity contribution is 7.99. The van der Waals surface area contributed by atoms with Crippen molar-refractivity contribution in [2.24, 2.45) is 0 Å². The van der Waals surface area contributed by atoms with E-state index in [0.717, 1.165) is 21.9 Å². The smallest absolute Gasteiger partial charge is 0.260 e. The lowest BCUT2D eigenvalue weighted by atomic mass is 10.2. The minimum absolute atomic E-state index is 0.0750. The zero-order chi connectivity index (χ0) is 21.0. The Hall–Kier alpha value is -1.80. The number of amides is 1. The van der Waals surface area contributed by atoms with Gasteiger partial charge in [0.2, 0.25) is 0 Å². The Morgan fingerprint density at radius 1 is 1.17 bits per heavy atom. The van der Waals surface area contributed by atoms with Crippen molar-refractivity contribution < 1.29 is 9.53 Å². The lowest BCUT2D eigenvalue weighted by molar-refractivity contribution is 0.0985. The van der Waals surface area contributed by atoms with Gasteiger partial charge in [0.25, 0.3) is 5.91 Å². The van der Waals surface area contributed by atoms with Crippen molar-refractivity contribution in [3.8, 4) is 5.75 Å². The molecule has 154 valence electrons. The molecule has 0 atom stereocenters. The van der Waals surface area contributed by atoms with Crippen LogP contribution in [-0.4, -0.2) is 55.8 Å². The molecule has 0 spiro atoms. The molecule has 0 fully saturated rings. The first-order chi connectivity index (χ1) is 13.9. The maximum absolute atomic E-state index is 13.3. The van der Waals surface area contributed by atoms with Gasteiger partial charge in [-0.25, -0.2) is 4.98 Å². The van der Waals surface area contributed by atoms with Gasteiger partial charge in [0.05, 0.1) is 16.8 Å². The molecule has 1 amide bonds. The molecule has 1 heterocycles. The van der Waals surface area contributed by atoms with Crippen molar-refractivity contribution in [1.82, 2.24) is 9.88 Å². The third kappa shape index (κ3) is 5.04.